The first-order valence-corrected chi connectivity index (χ1v) is 8.48. The molecule has 0 radical (unpaired) electrons. The Morgan fingerprint density at radius 1 is 1.05 bits per heavy atom. The van der Waals surface area contributed by atoms with E-state index in [1.807, 2.05) is 18.2 Å². The van der Waals surface area contributed by atoms with Crippen LogP contribution < -0.4 is 5.32 Å². The van der Waals surface area contributed by atoms with E-state index in [9.17, 15) is 5.26 Å². The van der Waals surface area contributed by atoms with Gasteiger partial charge in [-0.05, 0) is 74.0 Å². The summed E-state index contributed by atoms with van der Waals surface area (Å²) < 4.78 is 0.977. The predicted molar refractivity (Wildman–Crippen MR) is 83.3 cm³/mol. The first kappa shape index (κ1) is 12.7. The van der Waals surface area contributed by atoms with Crippen LogP contribution in [0.25, 0.3) is 0 Å². The summed E-state index contributed by atoms with van der Waals surface area (Å²) in [5.41, 5.74) is 1.78. The molecule has 1 aromatic carbocycles. The molecule has 0 amide bonds. The molecule has 2 nitrogen and oxygen atoms in total. The van der Waals surface area contributed by atoms with Crippen molar-refractivity contribution in [3.05, 3.63) is 28.2 Å². The molecule has 1 N–H and O–H groups in total. The molecule has 0 atom stereocenters. The smallest absolute Gasteiger partial charge is 0.101 e. The van der Waals surface area contributed by atoms with E-state index in [-0.39, 0.29) is 0 Å². The van der Waals surface area contributed by atoms with Crippen LogP contribution in [0, 0.1) is 35.0 Å². The average molecular weight is 331 g/mol. The summed E-state index contributed by atoms with van der Waals surface area (Å²) in [6.07, 6.45) is 7.11. The monoisotopic (exact) mass is 330 g/mol. The molecule has 0 spiro atoms. The number of anilines is 1. The van der Waals surface area contributed by atoms with Crippen molar-refractivity contribution in [2.75, 3.05) is 5.32 Å². The molecule has 4 bridgehead atoms. The van der Waals surface area contributed by atoms with Crippen LogP contribution in [0.1, 0.15) is 37.7 Å². The molecule has 5 rings (SSSR count). The highest BCUT2D eigenvalue weighted by Gasteiger charge is 2.48. The van der Waals surface area contributed by atoms with Crippen molar-refractivity contribution >= 4 is 21.6 Å². The van der Waals surface area contributed by atoms with Crippen LogP contribution in [-0.4, -0.2) is 6.04 Å². The van der Waals surface area contributed by atoms with Gasteiger partial charge in [-0.3, -0.25) is 0 Å². The van der Waals surface area contributed by atoms with Crippen LogP contribution in [0.5, 0.6) is 0 Å². The molecule has 4 fully saturated rings. The molecule has 0 saturated heterocycles. The van der Waals surface area contributed by atoms with Crippen molar-refractivity contribution in [3.63, 3.8) is 0 Å². The minimum atomic E-state index is 0.594. The van der Waals surface area contributed by atoms with E-state index in [0.717, 1.165) is 39.4 Å². The normalized spacial score (nSPS) is 37.7. The Labute approximate surface area is 128 Å². The first-order valence-electron chi connectivity index (χ1n) is 7.69. The van der Waals surface area contributed by atoms with E-state index in [1.54, 1.807) is 0 Å². The van der Waals surface area contributed by atoms with Gasteiger partial charge in [0, 0.05) is 10.5 Å². The molecule has 0 aromatic heterocycles. The zero-order valence-corrected chi connectivity index (χ0v) is 13.1. The minimum Gasteiger partial charge on any atom is -0.381 e. The Kier molecular flexibility index (Phi) is 3.03. The number of hydrogen-bond acceptors (Lipinski definition) is 2. The van der Waals surface area contributed by atoms with Crippen LogP contribution in [-0.2, 0) is 0 Å². The highest BCUT2D eigenvalue weighted by atomic mass is 79.9. The quantitative estimate of drug-likeness (QED) is 0.862. The second kappa shape index (κ2) is 4.77. The third kappa shape index (κ3) is 2.05. The fraction of sp³-hybridized carbons (Fsp3) is 0.588. The minimum absolute atomic E-state index is 0.594. The number of nitriles is 1. The molecular formula is C17H19BrN2. The summed E-state index contributed by atoms with van der Waals surface area (Å²) in [6, 6.07) is 8.90. The fourth-order valence-corrected chi connectivity index (χ4v) is 5.44. The fourth-order valence-electron chi connectivity index (χ4n) is 5.08. The zero-order valence-electron chi connectivity index (χ0n) is 11.5. The maximum atomic E-state index is 9.31. The van der Waals surface area contributed by atoms with Crippen molar-refractivity contribution in [3.8, 4) is 6.07 Å². The van der Waals surface area contributed by atoms with E-state index >= 15 is 0 Å². The van der Waals surface area contributed by atoms with Crippen LogP contribution in [0.4, 0.5) is 5.69 Å². The van der Waals surface area contributed by atoms with Gasteiger partial charge in [0.15, 0.2) is 0 Å². The lowest BCUT2D eigenvalue weighted by molar-refractivity contribution is 0.00753. The van der Waals surface area contributed by atoms with Gasteiger partial charge in [0.2, 0.25) is 0 Å². The van der Waals surface area contributed by atoms with Gasteiger partial charge in [-0.2, -0.15) is 5.26 Å². The Bertz CT molecular complexity index is 547. The van der Waals surface area contributed by atoms with Crippen molar-refractivity contribution in [1.29, 1.82) is 5.26 Å². The van der Waals surface area contributed by atoms with Gasteiger partial charge in [-0.1, -0.05) is 15.9 Å². The topological polar surface area (TPSA) is 35.8 Å². The van der Waals surface area contributed by atoms with Crippen LogP contribution in [0.15, 0.2) is 22.7 Å². The lowest BCUT2D eigenvalue weighted by Gasteiger charge is -2.54. The molecule has 1 aromatic rings. The number of nitrogens with zero attached hydrogens (tertiary/aromatic N) is 1. The Morgan fingerprint density at radius 2 is 1.70 bits per heavy atom. The number of rotatable bonds is 2. The third-order valence-electron chi connectivity index (χ3n) is 5.65. The molecule has 3 heteroatoms. The van der Waals surface area contributed by atoms with Gasteiger partial charge < -0.3 is 5.32 Å². The standard InChI is InChI=1S/C17H19BrN2/c18-15-1-2-16(14(8-15)9-19)20-17-12-4-10-3-11(6-12)7-13(17)5-10/h1-2,8,10-13,17,20H,3-7H2. The van der Waals surface area contributed by atoms with Gasteiger partial charge in [-0.25, -0.2) is 0 Å². The molecule has 0 heterocycles. The molecular weight excluding hydrogens is 312 g/mol. The largest absolute Gasteiger partial charge is 0.381 e. The molecule has 4 saturated carbocycles. The molecule has 104 valence electrons. The summed E-state index contributed by atoms with van der Waals surface area (Å²) in [6.45, 7) is 0. The third-order valence-corrected chi connectivity index (χ3v) is 6.14. The summed E-state index contributed by atoms with van der Waals surface area (Å²) in [4.78, 5) is 0. The lowest BCUT2D eigenvalue weighted by atomic mass is 9.54. The number of hydrogen-bond donors (Lipinski definition) is 1. The van der Waals surface area contributed by atoms with Crippen LogP contribution >= 0.6 is 15.9 Å². The molecule has 0 unspecified atom stereocenters. The highest BCUT2D eigenvalue weighted by molar-refractivity contribution is 9.10. The molecule has 0 aliphatic heterocycles. The zero-order chi connectivity index (χ0) is 13.7. The molecule has 20 heavy (non-hydrogen) atoms. The lowest BCUT2D eigenvalue weighted by Crippen LogP contribution is -2.51. The highest BCUT2D eigenvalue weighted by Crippen LogP contribution is 2.54. The van der Waals surface area contributed by atoms with E-state index in [1.165, 1.54) is 32.1 Å². The number of nitrogens with one attached hydrogen (secondary N) is 1. The van der Waals surface area contributed by atoms with E-state index < -0.39 is 0 Å². The summed E-state index contributed by atoms with van der Waals surface area (Å²) >= 11 is 3.45. The van der Waals surface area contributed by atoms with Gasteiger partial charge in [0.25, 0.3) is 0 Å². The first-order chi connectivity index (χ1) is 9.72. The van der Waals surface area contributed by atoms with Crippen LogP contribution in [0.2, 0.25) is 0 Å². The van der Waals surface area contributed by atoms with Crippen molar-refractivity contribution < 1.29 is 0 Å². The van der Waals surface area contributed by atoms with E-state index in [2.05, 4.69) is 27.3 Å². The van der Waals surface area contributed by atoms with Gasteiger partial charge >= 0.3 is 0 Å². The Balaban J connectivity index is 1.59. The maximum absolute atomic E-state index is 9.31. The summed E-state index contributed by atoms with van der Waals surface area (Å²) in [7, 11) is 0. The second-order valence-electron chi connectivity index (χ2n) is 6.90. The van der Waals surface area contributed by atoms with Gasteiger partial charge in [0.05, 0.1) is 11.3 Å². The van der Waals surface area contributed by atoms with E-state index in [4.69, 9.17) is 0 Å². The Hall–Kier alpha value is -1.01. The number of benzene rings is 1. The van der Waals surface area contributed by atoms with E-state index in [0.29, 0.717) is 6.04 Å². The Morgan fingerprint density at radius 3 is 2.30 bits per heavy atom. The van der Waals surface area contributed by atoms with Crippen LogP contribution in [0.3, 0.4) is 0 Å². The molecule has 4 aliphatic rings. The number of halogens is 1. The SMILES string of the molecule is N#Cc1cc(Br)ccc1NC1C2CC3CC(C2)CC1C3. The van der Waals surface area contributed by atoms with Gasteiger partial charge in [0.1, 0.15) is 6.07 Å². The average Bonchev–Trinajstić information content (AvgIpc) is 2.43. The van der Waals surface area contributed by atoms with Crippen molar-refractivity contribution in [2.45, 2.75) is 38.1 Å². The predicted octanol–water partition coefficient (Wildman–Crippen LogP) is 4.56. The maximum Gasteiger partial charge on any atom is 0.101 e. The van der Waals surface area contributed by atoms with Gasteiger partial charge in [-0.15, -0.1) is 0 Å². The van der Waals surface area contributed by atoms with Crippen molar-refractivity contribution in [1.82, 2.24) is 0 Å². The van der Waals surface area contributed by atoms with Crippen molar-refractivity contribution in [2.24, 2.45) is 23.7 Å². The summed E-state index contributed by atoms with van der Waals surface area (Å²) in [5, 5.41) is 13.0. The second-order valence-corrected chi connectivity index (χ2v) is 7.82. The summed E-state index contributed by atoms with van der Waals surface area (Å²) in [5.74, 6) is 3.66. The molecule has 4 aliphatic carbocycles.